The third-order valence-corrected chi connectivity index (χ3v) is 6.57. The van der Waals surface area contributed by atoms with Gasteiger partial charge in [0.25, 0.3) is 11.0 Å². The Morgan fingerprint density at radius 2 is 1.93 bits per heavy atom. The molecule has 3 aromatic rings. The fraction of sp³-hybridized carbons (Fsp3) is 0.370. The number of imidazole rings is 1. The summed E-state index contributed by atoms with van der Waals surface area (Å²) >= 11 is 6.28. The molecule has 1 heterocycles. The van der Waals surface area contributed by atoms with Crippen molar-refractivity contribution in [1.82, 2.24) is 14.7 Å². The van der Waals surface area contributed by atoms with E-state index in [2.05, 4.69) is 21.8 Å². The van der Waals surface area contributed by atoms with E-state index in [0.717, 1.165) is 41.8 Å². The molecule has 0 aliphatic rings. The number of rotatable bonds is 15. The maximum Gasteiger partial charge on any atom is 0.294 e. The number of hydrazone groups is 1. The van der Waals surface area contributed by atoms with Crippen molar-refractivity contribution in [3.05, 3.63) is 86.4 Å². The number of hydrazine groups is 1. The second-order valence-electron chi connectivity index (χ2n) is 9.09. The number of carbonyl (C=O) groups is 1. The van der Waals surface area contributed by atoms with Crippen LogP contribution in [0.4, 0.5) is 0 Å². The van der Waals surface area contributed by atoms with Gasteiger partial charge in [0.15, 0.2) is 11.0 Å². The van der Waals surface area contributed by atoms with Crippen LogP contribution >= 0.6 is 11.6 Å². The maximum absolute atomic E-state index is 12.3. The molecule has 0 saturated carbocycles. The number of amidine groups is 1. The highest BCUT2D eigenvalue weighted by Gasteiger charge is 2.16. The quantitative estimate of drug-likeness (QED) is 0.0469. The minimum absolute atomic E-state index is 0.0394. The molecular formula is C27H34ClN7O5. The van der Waals surface area contributed by atoms with Crippen LogP contribution in [0.15, 0.2) is 53.6 Å². The minimum atomic E-state index is -0.875. The van der Waals surface area contributed by atoms with Crippen LogP contribution in [0.25, 0.3) is 11.1 Å². The summed E-state index contributed by atoms with van der Waals surface area (Å²) in [5.41, 5.74) is 10.1. The first-order chi connectivity index (χ1) is 19.2. The Labute approximate surface area is 237 Å². The molecule has 3 rings (SSSR count). The lowest BCUT2D eigenvalue weighted by Gasteiger charge is -2.15. The van der Waals surface area contributed by atoms with E-state index in [1.54, 1.807) is 6.07 Å². The number of aromatic nitrogens is 2. The van der Waals surface area contributed by atoms with Crippen LogP contribution in [-0.2, 0) is 29.2 Å². The van der Waals surface area contributed by atoms with Crippen molar-refractivity contribution in [2.24, 2.45) is 16.7 Å². The van der Waals surface area contributed by atoms with Crippen LogP contribution in [0.2, 0.25) is 5.15 Å². The molecule has 0 atom stereocenters. The smallest absolute Gasteiger partial charge is 0.294 e. The highest BCUT2D eigenvalue weighted by molar-refractivity contribution is 6.30. The highest BCUT2D eigenvalue weighted by Crippen LogP contribution is 2.26. The van der Waals surface area contributed by atoms with Gasteiger partial charge < -0.3 is 20.2 Å². The molecular weight excluding hydrogens is 538 g/mol. The van der Waals surface area contributed by atoms with Crippen LogP contribution in [0.3, 0.4) is 0 Å². The molecule has 12 nitrogen and oxygen atoms in total. The molecule has 2 aromatic carbocycles. The average molecular weight is 572 g/mol. The van der Waals surface area contributed by atoms with E-state index in [4.69, 9.17) is 23.2 Å². The summed E-state index contributed by atoms with van der Waals surface area (Å²) in [5, 5.41) is 24.2. The summed E-state index contributed by atoms with van der Waals surface area (Å²) in [6, 6.07) is 15.3. The summed E-state index contributed by atoms with van der Waals surface area (Å²) < 4.78 is 1.97. The maximum atomic E-state index is 12.3. The number of amides is 1. The van der Waals surface area contributed by atoms with Crippen LogP contribution in [0.1, 0.15) is 61.7 Å². The summed E-state index contributed by atoms with van der Waals surface area (Å²) in [7, 11) is 0. The van der Waals surface area contributed by atoms with Crippen molar-refractivity contribution in [1.29, 1.82) is 0 Å². The number of hydrogen-bond acceptors (Lipinski definition) is 8. The topological polar surface area (TPSA) is 175 Å². The molecule has 214 valence electrons. The number of carbonyl (C=O) groups excluding carboxylic acids is 1. The van der Waals surface area contributed by atoms with Gasteiger partial charge in [0, 0.05) is 24.9 Å². The lowest BCUT2D eigenvalue weighted by Crippen LogP contribution is -2.35. The number of nitrogens with zero attached hydrogens (tertiary/aromatic N) is 5. The Kier molecular flexibility index (Phi) is 11.4. The van der Waals surface area contributed by atoms with Crippen molar-refractivity contribution in [2.75, 3.05) is 6.61 Å². The van der Waals surface area contributed by atoms with E-state index in [-0.39, 0.29) is 25.5 Å². The number of aliphatic hydroxyl groups excluding tert-OH is 1. The Bertz CT molecular complexity index is 1330. The standard InChI is InChI=1S/C27H34ClN7O5/c1-2-3-10-24-31-26(28)23(18-36)33(24)17-19-12-14-20(15-13-19)21-8-4-5-9-22(21)27(29)32-34(30)25(37)11-6-7-16-40-35(38)39/h4-5,8-9,12-15,36H,2-3,6-7,10-11,16-18,30H2,1H3,(H2,29,32). The molecule has 0 fully saturated rings. The fourth-order valence-corrected chi connectivity index (χ4v) is 4.42. The number of hydrogen-bond donors (Lipinski definition) is 3. The summed E-state index contributed by atoms with van der Waals surface area (Å²) in [5.74, 6) is 6.24. The molecule has 5 N–H and O–H groups in total. The lowest BCUT2D eigenvalue weighted by atomic mass is 9.98. The van der Waals surface area contributed by atoms with Crippen molar-refractivity contribution in [2.45, 2.75) is 58.6 Å². The van der Waals surface area contributed by atoms with E-state index in [1.165, 1.54) is 0 Å². The predicted octanol–water partition coefficient (Wildman–Crippen LogP) is 3.79. The monoisotopic (exact) mass is 571 g/mol. The van der Waals surface area contributed by atoms with Gasteiger partial charge >= 0.3 is 0 Å². The molecule has 0 radical (unpaired) electrons. The number of unbranched alkanes of at least 4 members (excludes halogenated alkanes) is 2. The summed E-state index contributed by atoms with van der Waals surface area (Å²) in [6.07, 6.45) is 3.49. The number of nitrogens with two attached hydrogens (primary N) is 2. The number of aliphatic hydroxyl groups is 1. The fourth-order valence-electron chi connectivity index (χ4n) is 4.16. The highest BCUT2D eigenvalue weighted by atomic mass is 35.5. The van der Waals surface area contributed by atoms with Crippen LogP contribution in [-0.4, -0.2) is 43.2 Å². The lowest BCUT2D eigenvalue weighted by molar-refractivity contribution is -0.757. The Balaban J connectivity index is 1.73. The molecule has 0 spiro atoms. The van der Waals surface area contributed by atoms with E-state index >= 15 is 0 Å². The third kappa shape index (κ3) is 8.25. The Morgan fingerprint density at radius 3 is 2.60 bits per heavy atom. The SMILES string of the molecule is CCCCc1nc(Cl)c(CO)n1Cc1ccc(-c2ccccc2/C(N)=N/N(N)C(=O)CCCCO[N+](=O)[O-])cc1. The molecule has 1 aromatic heterocycles. The zero-order valence-electron chi connectivity index (χ0n) is 22.3. The van der Waals surface area contributed by atoms with Crippen LogP contribution in [0.5, 0.6) is 0 Å². The van der Waals surface area contributed by atoms with Crippen molar-refractivity contribution in [3.63, 3.8) is 0 Å². The normalized spacial score (nSPS) is 11.4. The summed E-state index contributed by atoms with van der Waals surface area (Å²) in [4.78, 5) is 31.2. The molecule has 0 aliphatic carbocycles. The van der Waals surface area contributed by atoms with Gasteiger partial charge in [0.1, 0.15) is 5.82 Å². The molecule has 0 bridgehead atoms. The molecule has 0 saturated heterocycles. The van der Waals surface area contributed by atoms with Gasteiger partial charge in [-0.3, -0.25) is 4.79 Å². The zero-order chi connectivity index (χ0) is 29.1. The second-order valence-corrected chi connectivity index (χ2v) is 9.45. The first kappa shape index (κ1) is 30.5. The Morgan fingerprint density at radius 1 is 1.20 bits per heavy atom. The zero-order valence-corrected chi connectivity index (χ0v) is 23.1. The summed E-state index contributed by atoms with van der Waals surface area (Å²) in [6.45, 7) is 2.34. The first-order valence-corrected chi connectivity index (χ1v) is 13.3. The van der Waals surface area contributed by atoms with Gasteiger partial charge in [-0.2, -0.15) is 5.12 Å². The molecule has 13 heteroatoms. The van der Waals surface area contributed by atoms with Gasteiger partial charge in [-0.25, -0.2) is 10.8 Å². The Hall–Kier alpha value is -4.00. The minimum Gasteiger partial charge on any atom is -0.390 e. The van der Waals surface area contributed by atoms with Gasteiger partial charge in [-0.15, -0.1) is 15.2 Å². The molecule has 0 aliphatic heterocycles. The van der Waals surface area contributed by atoms with Gasteiger partial charge in [-0.1, -0.05) is 73.5 Å². The number of halogens is 1. The third-order valence-electron chi connectivity index (χ3n) is 6.27. The predicted molar refractivity (Wildman–Crippen MR) is 151 cm³/mol. The average Bonchev–Trinajstić information content (AvgIpc) is 3.24. The van der Waals surface area contributed by atoms with E-state index in [0.29, 0.717) is 40.9 Å². The largest absolute Gasteiger partial charge is 0.390 e. The number of aryl methyl sites for hydroxylation is 1. The van der Waals surface area contributed by atoms with Crippen molar-refractivity contribution < 1.29 is 19.8 Å². The van der Waals surface area contributed by atoms with Crippen LogP contribution in [0, 0.1) is 10.1 Å². The van der Waals surface area contributed by atoms with Gasteiger partial charge in [0.2, 0.25) is 0 Å². The first-order valence-electron chi connectivity index (χ1n) is 13.0. The molecule has 0 unspecified atom stereocenters. The number of benzene rings is 2. The van der Waals surface area contributed by atoms with E-state index < -0.39 is 11.0 Å². The van der Waals surface area contributed by atoms with Gasteiger partial charge in [-0.05, 0) is 36.0 Å². The van der Waals surface area contributed by atoms with E-state index in [9.17, 15) is 20.0 Å². The van der Waals surface area contributed by atoms with Crippen LogP contribution < -0.4 is 11.6 Å². The molecule has 1 amide bonds. The van der Waals surface area contributed by atoms with E-state index in [1.807, 2.05) is 47.0 Å². The molecule has 40 heavy (non-hydrogen) atoms. The van der Waals surface area contributed by atoms with Crippen molar-refractivity contribution in [3.8, 4) is 11.1 Å². The van der Waals surface area contributed by atoms with Crippen molar-refractivity contribution >= 4 is 23.3 Å². The van der Waals surface area contributed by atoms with Gasteiger partial charge in [0.05, 0.1) is 18.9 Å². The second kappa shape index (κ2) is 15.0.